The van der Waals surface area contributed by atoms with Crippen LogP contribution in [0.5, 0.6) is 11.5 Å². The summed E-state index contributed by atoms with van der Waals surface area (Å²) in [7, 11) is 1.31. The number of aryl methyl sites for hydroxylation is 1. The largest absolute Gasteiger partial charge is 0.494 e. The average molecular weight is 524 g/mol. The van der Waals surface area contributed by atoms with Gasteiger partial charge in [-0.1, -0.05) is 78.9 Å². The molecule has 0 spiro atoms. The van der Waals surface area contributed by atoms with E-state index in [1.54, 1.807) is 18.2 Å². The molecule has 4 rings (SSSR count). The summed E-state index contributed by atoms with van der Waals surface area (Å²) in [4.78, 5) is 25.5. The number of carbonyl (C=O) groups is 2. The summed E-state index contributed by atoms with van der Waals surface area (Å²) in [6, 6.07) is 33.8. The Morgan fingerprint density at radius 2 is 1.41 bits per heavy atom. The van der Waals surface area contributed by atoms with Gasteiger partial charge in [-0.3, -0.25) is 4.79 Å². The maximum atomic E-state index is 13.0. The van der Waals surface area contributed by atoms with Crippen molar-refractivity contribution in [2.75, 3.05) is 13.7 Å². The highest BCUT2D eigenvalue weighted by atomic mass is 16.5. The molecule has 4 aromatic rings. The maximum absolute atomic E-state index is 13.0. The van der Waals surface area contributed by atoms with Gasteiger partial charge in [0, 0.05) is 12.0 Å². The van der Waals surface area contributed by atoms with Crippen LogP contribution in [-0.2, 0) is 29.0 Å². The van der Waals surface area contributed by atoms with Gasteiger partial charge in [0.15, 0.2) is 0 Å². The van der Waals surface area contributed by atoms with Gasteiger partial charge in [-0.15, -0.1) is 0 Å². The summed E-state index contributed by atoms with van der Waals surface area (Å²) in [5.74, 6) is 0.447. The van der Waals surface area contributed by atoms with Crippen LogP contribution in [0.3, 0.4) is 0 Å². The van der Waals surface area contributed by atoms with Gasteiger partial charge in [-0.05, 0) is 59.9 Å². The minimum atomic E-state index is -0.839. The summed E-state index contributed by atoms with van der Waals surface area (Å²) >= 11 is 0. The lowest BCUT2D eigenvalue weighted by Crippen LogP contribution is -2.43. The Hall–Kier alpha value is -4.58. The minimum Gasteiger partial charge on any atom is -0.494 e. The van der Waals surface area contributed by atoms with Gasteiger partial charge in [0.1, 0.15) is 24.1 Å². The molecule has 6 heteroatoms. The van der Waals surface area contributed by atoms with Crippen molar-refractivity contribution in [1.29, 1.82) is 0 Å². The zero-order valence-corrected chi connectivity index (χ0v) is 22.0. The monoisotopic (exact) mass is 523 g/mol. The summed E-state index contributed by atoms with van der Waals surface area (Å²) in [6.45, 7) is 1.01. The Balaban J connectivity index is 1.30. The Morgan fingerprint density at radius 3 is 2.10 bits per heavy atom. The molecule has 0 aliphatic rings. The summed E-state index contributed by atoms with van der Waals surface area (Å²) < 4.78 is 16.7. The highest BCUT2D eigenvalue weighted by molar-refractivity contribution is 5.97. The molecular formula is C33H33NO5. The zero-order valence-electron chi connectivity index (χ0n) is 22.0. The zero-order chi connectivity index (χ0) is 27.3. The third kappa shape index (κ3) is 8.75. The molecule has 0 radical (unpaired) electrons. The molecule has 4 aromatic carbocycles. The van der Waals surface area contributed by atoms with Gasteiger partial charge < -0.3 is 19.5 Å². The van der Waals surface area contributed by atoms with Crippen molar-refractivity contribution >= 4 is 11.9 Å². The third-order valence-corrected chi connectivity index (χ3v) is 6.22. The second-order valence-corrected chi connectivity index (χ2v) is 9.14. The molecular weight excluding hydrogens is 490 g/mol. The fourth-order valence-electron chi connectivity index (χ4n) is 4.11. The molecule has 6 nitrogen and oxygen atoms in total. The molecule has 39 heavy (non-hydrogen) atoms. The van der Waals surface area contributed by atoms with Crippen LogP contribution in [-0.4, -0.2) is 31.6 Å². The van der Waals surface area contributed by atoms with Crippen LogP contribution in [0, 0.1) is 0 Å². The van der Waals surface area contributed by atoms with E-state index < -0.39 is 12.0 Å². The number of benzene rings is 4. The number of carbonyl (C=O) groups excluding carboxylic acids is 2. The number of esters is 1. The van der Waals surface area contributed by atoms with Crippen molar-refractivity contribution in [3.8, 4) is 11.5 Å². The number of amides is 1. The third-order valence-electron chi connectivity index (χ3n) is 6.22. The summed E-state index contributed by atoms with van der Waals surface area (Å²) in [5.41, 5.74) is 3.62. The molecule has 1 N–H and O–H groups in total. The van der Waals surface area contributed by atoms with E-state index in [9.17, 15) is 9.59 Å². The van der Waals surface area contributed by atoms with Crippen molar-refractivity contribution in [1.82, 2.24) is 5.32 Å². The van der Waals surface area contributed by atoms with Crippen molar-refractivity contribution in [3.63, 3.8) is 0 Å². The molecule has 0 saturated carbocycles. The van der Waals surface area contributed by atoms with Gasteiger partial charge in [-0.25, -0.2) is 4.79 Å². The predicted octanol–water partition coefficient (Wildman–Crippen LogP) is 5.79. The molecule has 200 valence electrons. The minimum absolute atomic E-state index is 0.285. The first kappa shape index (κ1) is 27.5. The number of hydrogen-bond donors (Lipinski definition) is 1. The Morgan fingerprint density at radius 1 is 0.718 bits per heavy atom. The van der Waals surface area contributed by atoms with Crippen LogP contribution in [0.2, 0.25) is 0 Å². The van der Waals surface area contributed by atoms with Crippen LogP contribution in [0.15, 0.2) is 109 Å². The number of nitrogens with one attached hydrogen (secondary N) is 1. The molecule has 1 amide bonds. The van der Waals surface area contributed by atoms with Gasteiger partial charge in [0.05, 0.1) is 13.7 Å². The first-order chi connectivity index (χ1) is 19.1. The Kier molecular flexibility index (Phi) is 10.1. The van der Waals surface area contributed by atoms with Crippen LogP contribution >= 0.6 is 0 Å². The fourth-order valence-corrected chi connectivity index (χ4v) is 4.11. The van der Waals surface area contributed by atoms with E-state index in [0.717, 1.165) is 29.7 Å². The van der Waals surface area contributed by atoms with Gasteiger partial charge in [0.25, 0.3) is 5.91 Å². The predicted molar refractivity (Wildman–Crippen MR) is 151 cm³/mol. The lowest BCUT2D eigenvalue weighted by atomic mass is 10.0. The lowest BCUT2D eigenvalue weighted by molar-refractivity contribution is -0.142. The highest BCUT2D eigenvalue weighted by Crippen LogP contribution is 2.17. The van der Waals surface area contributed by atoms with Gasteiger partial charge in [0.2, 0.25) is 0 Å². The topological polar surface area (TPSA) is 73.9 Å². The molecule has 1 atom stereocenters. The fraction of sp³-hybridized carbons (Fsp3) is 0.212. The molecule has 1 unspecified atom stereocenters. The van der Waals surface area contributed by atoms with E-state index in [-0.39, 0.29) is 12.3 Å². The first-order valence-corrected chi connectivity index (χ1v) is 13.0. The highest BCUT2D eigenvalue weighted by Gasteiger charge is 2.23. The molecule has 0 aliphatic carbocycles. The quantitative estimate of drug-likeness (QED) is 0.177. The van der Waals surface area contributed by atoms with Crippen molar-refractivity contribution in [2.24, 2.45) is 0 Å². The van der Waals surface area contributed by atoms with Crippen LogP contribution in [0.4, 0.5) is 0 Å². The van der Waals surface area contributed by atoms with E-state index in [4.69, 9.17) is 14.2 Å². The second kappa shape index (κ2) is 14.4. The van der Waals surface area contributed by atoms with Crippen molar-refractivity contribution in [3.05, 3.63) is 131 Å². The maximum Gasteiger partial charge on any atom is 0.328 e. The van der Waals surface area contributed by atoms with E-state index >= 15 is 0 Å². The molecule has 0 fully saturated rings. The summed E-state index contributed by atoms with van der Waals surface area (Å²) in [6.07, 6.45) is 2.07. The van der Waals surface area contributed by atoms with E-state index in [1.165, 1.54) is 12.7 Å². The molecule has 0 aliphatic heterocycles. The van der Waals surface area contributed by atoms with Gasteiger partial charge in [-0.2, -0.15) is 0 Å². The van der Waals surface area contributed by atoms with Gasteiger partial charge >= 0.3 is 5.97 Å². The normalized spacial score (nSPS) is 11.3. The molecule has 0 aromatic heterocycles. The Bertz CT molecular complexity index is 1320. The second-order valence-electron chi connectivity index (χ2n) is 9.14. The lowest BCUT2D eigenvalue weighted by Gasteiger charge is -2.17. The number of rotatable bonds is 13. The Labute approximate surface area is 229 Å². The van der Waals surface area contributed by atoms with E-state index in [0.29, 0.717) is 24.5 Å². The molecule has 0 heterocycles. The number of ether oxygens (including phenoxy) is 3. The average Bonchev–Trinajstić information content (AvgIpc) is 2.99. The standard InChI is InChI=1S/C33H33NO5/c1-37-33(36)31(22-26-17-19-29(20-18-26)39-24-27-12-6-3-7-13-27)34-32(35)28-15-8-16-30(23-28)38-21-9-14-25-10-4-2-5-11-25/h2-8,10-13,15-20,23,31H,9,14,21-22,24H2,1H3,(H,34,35). The van der Waals surface area contributed by atoms with Crippen LogP contribution in [0.1, 0.15) is 33.5 Å². The first-order valence-electron chi connectivity index (χ1n) is 13.0. The van der Waals surface area contributed by atoms with Crippen LogP contribution in [0.25, 0.3) is 0 Å². The van der Waals surface area contributed by atoms with E-state index in [2.05, 4.69) is 17.4 Å². The smallest absolute Gasteiger partial charge is 0.328 e. The molecule has 0 bridgehead atoms. The number of methoxy groups -OCH3 is 1. The van der Waals surface area contributed by atoms with Crippen LogP contribution < -0.4 is 14.8 Å². The summed E-state index contributed by atoms with van der Waals surface area (Å²) in [5, 5.41) is 2.81. The molecule has 0 saturated heterocycles. The van der Waals surface area contributed by atoms with E-state index in [1.807, 2.05) is 78.9 Å². The SMILES string of the molecule is COC(=O)C(Cc1ccc(OCc2ccccc2)cc1)NC(=O)c1cccc(OCCCc2ccccc2)c1. The van der Waals surface area contributed by atoms with Crippen molar-refractivity contribution < 1.29 is 23.8 Å². The number of hydrogen-bond acceptors (Lipinski definition) is 5. The van der Waals surface area contributed by atoms with Crippen molar-refractivity contribution in [2.45, 2.75) is 31.9 Å².